The van der Waals surface area contributed by atoms with Crippen LogP contribution < -0.4 is 5.32 Å². The first-order valence-corrected chi connectivity index (χ1v) is 9.00. The number of hydrogen-bond acceptors (Lipinski definition) is 3. The zero-order chi connectivity index (χ0) is 16.1. The summed E-state index contributed by atoms with van der Waals surface area (Å²) in [6, 6.07) is 0.344. The molecule has 0 aromatic carbocycles. The highest BCUT2D eigenvalue weighted by atomic mass is 16.3. The topological polar surface area (TPSA) is 50.1 Å². The van der Waals surface area contributed by atoms with Gasteiger partial charge in [-0.25, -0.2) is 0 Å². The summed E-state index contributed by atoms with van der Waals surface area (Å²) in [5.74, 6) is 0.525. The van der Waals surface area contributed by atoms with Crippen LogP contribution in [0.15, 0.2) is 0 Å². The minimum absolute atomic E-state index is 0.0570. The Morgan fingerprint density at radius 2 is 2.05 bits per heavy atom. The van der Waals surface area contributed by atoms with Crippen LogP contribution in [-0.4, -0.2) is 27.5 Å². The van der Waals surface area contributed by atoms with E-state index in [0.29, 0.717) is 12.0 Å². The number of rotatable bonds is 7. The zero-order valence-corrected chi connectivity index (χ0v) is 14.7. The van der Waals surface area contributed by atoms with Crippen LogP contribution in [0.1, 0.15) is 75.4 Å². The fourth-order valence-electron chi connectivity index (χ4n) is 3.96. The molecule has 126 valence electrons. The van der Waals surface area contributed by atoms with Crippen molar-refractivity contribution in [1.82, 2.24) is 15.1 Å². The van der Waals surface area contributed by atoms with Crippen molar-refractivity contribution in [2.45, 2.75) is 84.9 Å². The van der Waals surface area contributed by atoms with Crippen LogP contribution in [0.5, 0.6) is 0 Å². The Bertz CT molecular complexity index is 469. The van der Waals surface area contributed by atoms with Crippen LogP contribution in [0.2, 0.25) is 0 Å². The van der Waals surface area contributed by atoms with Crippen LogP contribution in [-0.2, 0) is 6.54 Å². The zero-order valence-electron chi connectivity index (χ0n) is 14.7. The molecule has 1 heterocycles. The lowest BCUT2D eigenvalue weighted by atomic mass is 9.83. The Kier molecular flexibility index (Phi) is 6.45. The summed E-state index contributed by atoms with van der Waals surface area (Å²) in [6.45, 7) is 10.6. The van der Waals surface area contributed by atoms with Crippen molar-refractivity contribution in [2.24, 2.45) is 5.92 Å². The molecule has 2 rings (SSSR count). The Morgan fingerprint density at radius 3 is 2.68 bits per heavy atom. The molecule has 2 N–H and O–H groups in total. The summed E-state index contributed by atoms with van der Waals surface area (Å²) in [7, 11) is 0. The van der Waals surface area contributed by atoms with Crippen LogP contribution in [0.25, 0.3) is 0 Å². The Labute approximate surface area is 135 Å². The van der Waals surface area contributed by atoms with Crippen molar-refractivity contribution < 1.29 is 5.11 Å². The number of nitrogens with zero attached hydrogens (tertiary/aromatic N) is 2. The van der Waals surface area contributed by atoms with E-state index in [4.69, 9.17) is 0 Å². The largest absolute Gasteiger partial charge is 0.393 e. The van der Waals surface area contributed by atoms with Crippen molar-refractivity contribution in [1.29, 1.82) is 0 Å². The van der Waals surface area contributed by atoms with Gasteiger partial charge in [-0.15, -0.1) is 0 Å². The average Bonchev–Trinajstić information content (AvgIpc) is 2.79. The lowest BCUT2D eigenvalue weighted by Gasteiger charge is -2.27. The predicted octanol–water partition coefficient (Wildman–Crippen LogP) is 3.50. The molecule has 0 saturated heterocycles. The maximum atomic E-state index is 10.0. The van der Waals surface area contributed by atoms with Gasteiger partial charge in [0.2, 0.25) is 0 Å². The number of aliphatic hydroxyl groups excluding tert-OH is 1. The van der Waals surface area contributed by atoms with E-state index < -0.39 is 0 Å². The van der Waals surface area contributed by atoms with E-state index in [1.54, 1.807) is 0 Å². The molecule has 0 radical (unpaired) electrons. The maximum Gasteiger partial charge on any atom is 0.0644 e. The van der Waals surface area contributed by atoms with Crippen molar-refractivity contribution in [2.75, 3.05) is 6.54 Å². The molecule has 0 spiro atoms. The second-order valence-electron chi connectivity index (χ2n) is 6.83. The van der Waals surface area contributed by atoms with Gasteiger partial charge in [-0.2, -0.15) is 5.10 Å². The first-order chi connectivity index (χ1) is 10.5. The highest BCUT2D eigenvalue weighted by Crippen LogP contribution is 2.28. The van der Waals surface area contributed by atoms with E-state index in [1.807, 2.05) is 0 Å². The number of nitrogens with one attached hydrogen (secondary N) is 1. The first kappa shape index (κ1) is 17.5. The van der Waals surface area contributed by atoms with Gasteiger partial charge >= 0.3 is 0 Å². The van der Waals surface area contributed by atoms with Gasteiger partial charge < -0.3 is 10.4 Å². The lowest BCUT2D eigenvalue weighted by Crippen LogP contribution is -2.26. The number of aliphatic hydroxyl groups is 1. The van der Waals surface area contributed by atoms with E-state index in [2.05, 4.69) is 42.8 Å². The molecule has 1 aliphatic rings. The maximum absolute atomic E-state index is 10.0. The van der Waals surface area contributed by atoms with Crippen LogP contribution >= 0.6 is 0 Å². The summed E-state index contributed by atoms with van der Waals surface area (Å²) in [6.07, 6.45) is 6.94. The van der Waals surface area contributed by atoms with Crippen molar-refractivity contribution >= 4 is 0 Å². The average molecular weight is 307 g/mol. The van der Waals surface area contributed by atoms with Crippen molar-refractivity contribution in [3.05, 3.63) is 17.0 Å². The number of aromatic nitrogens is 2. The fourth-order valence-corrected chi connectivity index (χ4v) is 3.96. The van der Waals surface area contributed by atoms with Gasteiger partial charge in [-0.05, 0) is 65.8 Å². The van der Waals surface area contributed by atoms with Gasteiger partial charge in [-0.1, -0.05) is 12.8 Å². The molecule has 0 amide bonds. The van der Waals surface area contributed by atoms with Gasteiger partial charge in [0.1, 0.15) is 0 Å². The van der Waals surface area contributed by atoms with Gasteiger partial charge in [0.05, 0.1) is 11.8 Å². The molecule has 0 bridgehead atoms. The SMILES string of the molecule is CCn1nc(C)c(C(C)NCCCC2CCCCC2O)c1C. The third-order valence-corrected chi connectivity index (χ3v) is 5.24. The molecular weight excluding hydrogens is 274 g/mol. The number of aryl methyl sites for hydroxylation is 2. The van der Waals surface area contributed by atoms with Crippen molar-refractivity contribution in [3.8, 4) is 0 Å². The normalized spacial score (nSPS) is 23.7. The predicted molar refractivity (Wildman–Crippen MR) is 91.0 cm³/mol. The van der Waals surface area contributed by atoms with E-state index in [9.17, 15) is 5.11 Å². The monoisotopic (exact) mass is 307 g/mol. The molecule has 22 heavy (non-hydrogen) atoms. The molecule has 1 aliphatic carbocycles. The summed E-state index contributed by atoms with van der Waals surface area (Å²) in [4.78, 5) is 0. The van der Waals surface area contributed by atoms with Crippen molar-refractivity contribution in [3.63, 3.8) is 0 Å². The molecule has 4 heteroatoms. The van der Waals surface area contributed by atoms with Gasteiger partial charge in [0, 0.05) is 23.8 Å². The Balaban J connectivity index is 1.78. The molecule has 4 nitrogen and oxygen atoms in total. The smallest absolute Gasteiger partial charge is 0.0644 e. The summed E-state index contributed by atoms with van der Waals surface area (Å²) >= 11 is 0. The van der Waals surface area contributed by atoms with Gasteiger partial charge in [-0.3, -0.25) is 4.68 Å². The second-order valence-corrected chi connectivity index (χ2v) is 6.83. The molecular formula is C18H33N3O. The first-order valence-electron chi connectivity index (χ1n) is 9.00. The lowest BCUT2D eigenvalue weighted by molar-refractivity contribution is 0.0642. The molecule has 3 atom stereocenters. The number of hydrogen-bond donors (Lipinski definition) is 2. The third-order valence-electron chi connectivity index (χ3n) is 5.24. The standard InChI is InChI=1S/C18H33N3O/c1-5-21-15(4)18(14(3)20-21)13(2)19-12-8-10-16-9-6-7-11-17(16)22/h13,16-17,19,22H,5-12H2,1-4H3. The third kappa shape index (κ3) is 4.11. The summed E-state index contributed by atoms with van der Waals surface area (Å²) < 4.78 is 2.08. The molecule has 1 aromatic rings. The van der Waals surface area contributed by atoms with Gasteiger partial charge in [0.25, 0.3) is 0 Å². The van der Waals surface area contributed by atoms with Crippen LogP contribution in [0.4, 0.5) is 0 Å². The van der Waals surface area contributed by atoms with E-state index in [1.165, 1.54) is 30.5 Å². The minimum Gasteiger partial charge on any atom is -0.393 e. The highest BCUT2D eigenvalue weighted by molar-refractivity contribution is 5.27. The molecule has 1 fully saturated rings. The van der Waals surface area contributed by atoms with E-state index >= 15 is 0 Å². The summed E-state index contributed by atoms with van der Waals surface area (Å²) in [5.41, 5.74) is 3.77. The fraction of sp³-hybridized carbons (Fsp3) is 0.833. The highest BCUT2D eigenvalue weighted by Gasteiger charge is 2.22. The molecule has 1 aromatic heterocycles. The van der Waals surface area contributed by atoms with E-state index in [-0.39, 0.29) is 6.10 Å². The quantitative estimate of drug-likeness (QED) is 0.758. The molecule has 0 aliphatic heterocycles. The second kappa shape index (κ2) is 8.11. The Hall–Kier alpha value is -0.870. The molecule has 3 unspecified atom stereocenters. The summed E-state index contributed by atoms with van der Waals surface area (Å²) in [5, 5.41) is 18.3. The van der Waals surface area contributed by atoms with E-state index in [0.717, 1.165) is 38.0 Å². The van der Waals surface area contributed by atoms with Crippen LogP contribution in [0, 0.1) is 19.8 Å². The van der Waals surface area contributed by atoms with Crippen LogP contribution in [0.3, 0.4) is 0 Å². The van der Waals surface area contributed by atoms with Gasteiger partial charge in [0.15, 0.2) is 0 Å². The Morgan fingerprint density at radius 1 is 1.32 bits per heavy atom. The molecule has 1 saturated carbocycles. The minimum atomic E-state index is -0.0570.